The molecule has 0 saturated carbocycles. The Morgan fingerprint density at radius 2 is 1.59 bits per heavy atom. The maximum Gasteiger partial charge on any atom is 0.486 e. The minimum atomic E-state index is -0.652. The Morgan fingerprint density at radius 3 is 2.11 bits per heavy atom. The first-order chi connectivity index (χ1) is 12.5. The van der Waals surface area contributed by atoms with Gasteiger partial charge < -0.3 is 23.5 Å². The number of ether oxygens (including phenoxy) is 3. The van der Waals surface area contributed by atoms with Crippen molar-refractivity contribution in [2.45, 2.75) is 104 Å². The van der Waals surface area contributed by atoms with Gasteiger partial charge in [-0.1, -0.05) is 25.9 Å². The monoisotopic (exact) mass is 384 g/mol. The summed E-state index contributed by atoms with van der Waals surface area (Å²) >= 11 is 0. The summed E-state index contributed by atoms with van der Waals surface area (Å²) in [5.74, 6) is 1.03. The molecule has 27 heavy (non-hydrogen) atoms. The number of esters is 1. The first-order valence-corrected chi connectivity index (χ1v) is 9.92. The Labute approximate surface area is 165 Å². The first kappa shape index (κ1) is 24.2. The van der Waals surface area contributed by atoms with Crippen LogP contribution in [-0.4, -0.2) is 49.4 Å². The summed E-state index contributed by atoms with van der Waals surface area (Å²) in [6.45, 7) is 15.9. The van der Waals surface area contributed by atoms with Crippen molar-refractivity contribution in [2.75, 3.05) is 7.11 Å². The van der Waals surface area contributed by atoms with E-state index in [0.29, 0.717) is 12.8 Å². The van der Waals surface area contributed by atoms with Crippen LogP contribution in [0.5, 0.6) is 0 Å². The fourth-order valence-corrected chi connectivity index (χ4v) is 2.97. The van der Waals surface area contributed by atoms with Crippen molar-refractivity contribution in [1.29, 1.82) is 0 Å². The van der Waals surface area contributed by atoms with E-state index in [9.17, 15) is 4.79 Å². The van der Waals surface area contributed by atoms with Crippen molar-refractivity contribution in [3.05, 3.63) is 12.1 Å². The second kappa shape index (κ2) is 9.55. The topological polar surface area (TPSA) is 63.2 Å². The second-order valence-electron chi connectivity index (χ2n) is 8.12. The van der Waals surface area contributed by atoms with Gasteiger partial charge in [-0.2, -0.15) is 0 Å². The van der Waals surface area contributed by atoms with Crippen LogP contribution in [0.15, 0.2) is 12.1 Å². The van der Waals surface area contributed by atoms with E-state index in [2.05, 4.69) is 4.74 Å². The molecule has 2 atom stereocenters. The second-order valence-corrected chi connectivity index (χ2v) is 8.12. The maximum atomic E-state index is 11.3. The lowest BCUT2D eigenvalue weighted by atomic mass is 9.88. The number of methoxy groups -OCH3 is 1. The summed E-state index contributed by atoms with van der Waals surface area (Å²) in [5.41, 5.74) is -0.734. The number of hydrogen-bond acceptors (Lipinski definition) is 6. The molecule has 2 heterocycles. The van der Waals surface area contributed by atoms with Gasteiger partial charge in [-0.25, -0.2) is 0 Å². The number of hydrogen-bond donors (Lipinski definition) is 0. The van der Waals surface area contributed by atoms with Crippen molar-refractivity contribution >= 4 is 13.1 Å². The molecular formula is C20H37BO6. The maximum absolute atomic E-state index is 11.3. The SMILES string of the molecule is CC.COC(=O)CCCC1OC(C)(C)OC1/C=C/B1OC(C)(C)C(C)(C)O1. The molecule has 2 fully saturated rings. The highest BCUT2D eigenvalue weighted by Gasteiger charge is 2.50. The fraction of sp³-hybridized carbons (Fsp3) is 0.850. The molecule has 0 aliphatic carbocycles. The Hall–Kier alpha value is -0.885. The summed E-state index contributed by atoms with van der Waals surface area (Å²) in [7, 11) is 0.990. The third-order valence-electron chi connectivity index (χ3n) is 5.05. The molecule has 2 aliphatic rings. The molecule has 0 radical (unpaired) electrons. The van der Waals surface area contributed by atoms with Gasteiger partial charge in [-0.15, -0.1) is 0 Å². The van der Waals surface area contributed by atoms with Gasteiger partial charge in [0, 0.05) is 6.42 Å². The molecule has 2 aliphatic heterocycles. The lowest BCUT2D eigenvalue weighted by molar-refractivity contribution is -0.144. The van der Waals surface area contributed by atoms with Gasteiger partial charge in [0.25, 0.3) is 0 Å². The third-order valence-corrected chi connectivity index (χ3v) is 5.05. The highest BCUT2D eigenvalue weighted by Crippen LogP contribution is 2.37. The van der Waals surface area contributed by atoms with Gasteiger partial charge in [0.15, 0.2) is 5.79 Å². The van der Waals surface area contributed by atoms with Crippen LogP contribution in [0.4, 0.5) is 0 Å². The molecule has 2 rings (SSSR count). The van der Waals surface area contributed by atoms with Crippen molar-refractivity contribution < 1.29 is 28.3 Å². The summed E-state index contributed by atoms with van der Waals surface area (Å²) in [6.07, 6.45) is 3.42. The largest absolute Gasteiger partial charge is 0.486 e. The smallest absolute Gasteiger partial charge is 0.469 e. The van der Waals surface area contributed by atoms with Crippen LogP contribution in [0.3, 0.4) is 0 Å². The molecule has 2 saturated heterocycles. The highest BCUT2D eigenvalue weighted by molar-refractivity contribution is 6.51. The fourth-order valence-electron chi connectivity index (χ4n) is 2.97. The average molecular weight is 384 g/mol. The predicted octanol–water partition coefficient (Wildman–Crippen LogP) is 4.06. The molecule has 0 amide bonds. The van der Waals surface area contributed by atoms with Gasteiger partial charge >= 0.3 is 13.1 Å². The van der Waals surface area contributed by atoms with Crippen molar-refractivity contribution in [3.63, 3.8) is 0 Å². The van der Waals surface area contributed by atoms with Crippen molar-refractivity contribution in [2.24, 2.45) is 0 Å². The van der Waals surface area contributed by atoms with E-state index in [1.807, 2.05) is 67.4 Å². The molecule has 0 bridgehead atoms. The van der Waals surface area contributed by atoms with E-state index >= 15 is 0 Å². The Bertz CT molecular complexity index is 499. The van der Waals surface area contributed by atoms with E-state index in [-0.39, 0.29) is 29.4 Å². The zero-order valence-electron chi connectivity index (χ0n) is 18.5. The molecule has 2 unspecified atom stereocenters. The number of carbonyl (C=O) groups is 1. The van der Waals surface area contributed by atoms with Crippen LogP contribution in [0, 0.1) is 0 Å². The normalized spacial score (nSPS) is 28.1. The first-order valence-electron chi connectivity index (χ1n) is 9.92. The quantitative estimate of drug-likeness (QED) is 0.508. The summed E-state index contributed by atoms with van der Waals surface area (Å²) in [4.78, 5) is 11.3. The Kier molecular flexibility index (Phi) is 8.54. The molecule has 7 heteroatoms. The zero-order chi connectivity index (χ0) is 20.9. The molecule has 0 aromatic carbocycles. The van der Waals surface area contributed by atoms with Crippen LogP contribution in [0.25, 0.3) is 0 Å². The van der Waals surface area contributed by atoms with Crippen molar-refractivity contribution in [1.82, 2.24) is 0 Å². The van der Waals surface area contributed by atoms with Gasteiger partial charge in [0.2, 0.25) is 0 Å². The summed E-state index contributed by atoms with van der Waals surface area (Å²) in [6, 6.07) is 0. The van der Waals surface area contributed by atoms with E-state index in [1.165, 1.54) is 7.11 Å². The predicted molar refractivity (Wildman–Crippen MR) is 106 cm³/mol. The van der Waals surface area contributed by atoms with Crippen molar-refractivity contribution in [3.8, 4) is 0 Å². The third kappa shape index (κ3) is 6.59. The minimum absolute atomic E-state index is 0.113. The Morgan fingerprint density at radius 1 is 1.04 bits per heavy atom. The minimum Gasteiger partial charge on any atom is -0.469 e. The highest BCUT2D eigenvalue weighted by atomic mass is 16.7. The van der Waals surface area contributed by atoms with Crippen LogP contribution < -0.4 is 0 Å². The summed E-state index contributed by atoms with van der Waals surface area (Å²) < 4.78 is 28.6. The van der Waals surface area contributed by atoms with E-state index in [4.69, 9.17) is 18.8 Å². The molecule has 6 nitrogen and oxygen atoms in total. The molecule has 156 valence electrons. The number of rotatable bonds is 6. The lowest BCUT2D eigenvalue weighted by Crippen LogP contribution is -2.41. The van der Waals surface area contributed by atoms with Gasteiger partial charge in [-0.05, 0) is 54.4 Å². The Balaban J connectivity index is 0.00000176. The van der Waals surface area contributed by atoms with Crippen LogP contribution >= 0.6 is 0 Å². The van der Waals surface area contributed by atoms with E-state index < -0.39 is 12.9 Å². The number of carbonyl (C=O) groups excluding carboxylic acids is 1. The average Bonchev–Trinajstić information content (AvgIpc) is 2.98. The van der Waals surface area contributed by atoms with Crippen LogP contribution in [-0.2, 0) is 28.3 Å². The molecule has 0 aromatic heterocycles. The van der Waals surface area contributed by atoms with E-state index in [0.717, 1.165) is 6.42 Å². The van der Waals surface area contributed by atoms with E-state index in [1.54, 1.807) is 0 Å². The van der Waals surface area contributed by atoms with Crippen LogP contribution in [0.1, 0.15) is 74.7 Å². The molecule has 0 aromatic rings. The summed E-state index contributed by atoms with van der Waals surface area (Å²) in [5, 5.41) is 0. The van der Waals surface area contributed by atoms with Gasteiger partial charge in [-0.3, -0.25) is 4.79 Å². The standard InChI is InChI=1S/C18H31BO6.C2H6/c1-16(2)17(3,4)25-19(24-16)12-11-14-13(22-18(5,6)23-14)9-8-10-15(20)21-7;1-2/h11-14H,8-10H2,1-7H3;1-2H3/b12-11+;. The van der Waals surface area contributed by atoms with Gasteiger partial charge in [0.1, 0.15) is 6.10 Å². The van der Waals surface area contributed by atoms with Crippen LogP contribution in [0.2, 0.25) is 0 Å². The lowest BCUT2D eigenvalue weighted by Gasteiger charge is -2.32. The molecular weight excluding hydrogens is 347 g/mol. The molecule has 0 spiro atoms. The zero-order valence-corrected chi connectivity index (χ0v) is 18.5. The van der Waals surface area contributed by atoms with Gasteiger partial charge in [0.05, 0.1) is 24.4 Å². The molecule has 0 N–H and O–H groups in total.